The normalized spacial score (nSPS) is 18.5. The highest BCUT2D eigenvalue weighted by molar-refractivity contribution is 5.78. The van der Waals surface area contributed by atoms with Gasteiger partial charge in [0.05, 0.1) is 12.5 Å². The summed E-state index contributed by atoms with van der Waals surface area (Å²) in [4.78, 5) is 14.6. The van der Waals surface area contributed by atoms with Gasteiger partial charge in [-0.05, 0) is 38.4 Å². The van der Waals surface area contributed by atoms with Gasteiger partial charge in [-0.1, -0.05) is 30.3 Å². The number of carbonyl (C=O) groups is 1. The molecule has 24 heavy (non-hydrogen) atoms. The number of likely N-dealkylation sites (tertiary alicyclic amines) is 1. The number of nitrogens with zero attached hydrogens (tertiary/aromatic N) is 4. The van der Waals surface area contributed by atoms with Gasteiger partial charge in [0.1, 0.15) is 6.33 Å². The van der Waals surface area contributed by atoms with Gasteiger partial charge in [0.2, 0.25) is 5.91 Å². The molecule has 6 heteroatoms. The molecule has 0 aliphatic carbocycles. The fraction of sp³-hybridized carbons (Fsp3) is 0.500. The molecule has 1 atom stereocenters. The Labute approximate surface area is 142 Å². The first-order valence-corrected chi connectivity index (χ1v) is 8.59. The van der Waals surface area contributed by atoms with Gasteiger partial charge in [-0.15, -0.1) is 10.2 Å². The molecule has 6 nitrogen and oxygen atoms in total. The molecule has 1 N–H and O–H groups in total. The predicted octanol–water partition coefficient (Wildman–Crippen LogP) is 1.48. The van der Waals surface area contributed by atoms with E-state index in [-0.39, 0.29) is 11.8 Å². The molecule has 0 saturated carbocycles. The number of rotatable bonds is 6. The van der Waals surface area contributed by atoms with Crippen LogP contribution in [-0.4, -0.2) is 45.7 Å². The van der Waals surface area contributed by atoms with Crippen molar-refractivity contribution in [2.45, 2.75) is 32.4 Å². The minimum Gasteiger partial charge on any atom is -0.349 e. The van der Waals surface area contributed by atoms with Crippen LogP contribution in [0.5, 0.6) is 0 Å². The topological polar surface area (TPSA) is 63.1 Å². The van der Waals surface area contributed by atoms with E-state index in [2.05, 4.69) is 39.6 Å². The second-order valence-electron chi connectivity index (χ2n) is 6.50. The molecule has 1 aromatic heterocycles. The largest absolute Gasteiger partial charge is 0.349 e. The van der Waals surface area contributed by atoms with E-state index in [1.165, 1.54) is 5.56 Å². The van der Waals surface area contributed by atoms with Crippen molar-refractivity contribution in [2.24, 2.45) is 5.92 Å². The highest BCUT2D eigenvalue weighted by Gasteiger charge is 2.23. The summed E-state index contributed by atoms with van der Waals surface area (Å²) in [6.07, 6.45) is 4.71. The summed E-state index contributed by atoms with van der Waals surface area (Å²) >= 11 is 0. The number of hydrogen-bond donors (Lipinski definition) is 1. The number of hydrogen-bond acceptors (Lipinski definition) is 4. The van der Waals surface area contributed by atoms with E-state index in [1.54, 1.807) is 6.33 Å². The van der Waals surface area contributed by atoms with Crippen molar-refractivity contribution in [3.63, 3.8) is 0 Å². The van der Waals surface area contributed by atoms with Gasteiger partial charge in [-0.3, -0.25) is 4.79 Å². The Hall–Kier alpha value is -2.21. The lowest BCUT2D eigenvalue weighted by Crippen LogP contribution is -2.41. The van der Waals surface area contributed by atoms with Gasteiger partial charge < -0.3 is 14.8 Å². The number of aryl methyl sites for hydroxylation is 2. The van der Waals surface area contributed by atoms with E-state index < -0.39 is 0 Å². The van der Waals surface area contributed by atoms with Crippen molar-refractivity contribution in [3.05, 3.63) is 48.0 Å². The minimum absolute atomic E-state index is 0.0874. The van der Waals surface area contributed by atoms with E-state index >= 15 is 0 Å². The zero-order chi connectivity index (χ0) is 16.8. The third kappa shape index (κ3) is 4.41. The molecular formula is C18H25N5O. The van der Waals surface area contributed by atoms with Crippen molar-refractivity contribution in [2.75, 3.05) is 20.1 Å². The van der Waals surface area contributed by atoms with Crippen LogP contribution in [-0.2, 0) is 24.3 Å². The van der Waals surface area contributed by atoms with Gasteiger partial charge in [0.25, 0.3) is 0 Å². The van der Waals surface area contributed by atoms with Crippen LogP contribution >= 0.6 is 0 Å². The number of carbonyl (C=O) groups excluding carboxylic acids is 1. The fourth-order valence-electron chi connectivity index (χ4n) is 3.19. The molecule has 0 unspecified atom stereocenters. The lowest BCUT2D eigenvalue weighted by atomic mass is 9.98. The number of aromatic nitrogens is 3. The molecule has 2 aromatic rings. The van der Waals surface area contributed by atoms with Gasteiger partial charge in [0.15, 0.2) is 5.82 Å². The van der Waals surface area contributed by atoms with Gasteiger partial charge in [0, 0.05) is 13.1 Å². The van der Waals surface area contributed by atoms with Crippen LogP contribution < -0.4 is 5.32 Å². The van der Waals surface area contributed by atoms with Crippen molar-refractivity contribution < 1.29 is 4.79 Å². The molecule has 0 radical (unpaired) electrons. The quantitative estimate of drug-likeness (QED) is 0.873. The average molecular weight is 327 g/mol. The van der Waals surface area contributed by atoms with Gasteiger partial charge in [-0.2, -0.15) is 0 Å². The van der Waals surface area contributed by atoms with Crippen LogP contribution in [0.4, 0.5) is 0 Å². The van der Waals surface area contributed by atoms with Crippen LogP contribution in [0.3, 0.4) is 0 Å². The Morgan fingerprint density at radius 2 is 2.17 bits per heavy atom. The van der Waals surface area contributed by atoms with E-state index in [4.69, 9.17) is 0 Å². The molecule has 0 bridgehead atoms. The highest BCUT2D eigenvalue weighted by atomic mass is 16.1. The molecule has 2 heterocycles. The summed E-state index contributed by atoms with van der Waals surface area (Å²) in [5.41, 5.74) is 1.28. The number of benzene rings is 1. The molecule has 1 saturated heterocycles. The standard InChI is InChI=1S/C18H25N5O/c1-22-10-5-8-16(13-22)18(24)19-12-17-21-20-14-23(17)11-9-15-6-3-2-4-7-15/h2-4,6-7,14,16H,5,8-13H2,1H3,(H,19,24)/t16-/m0/s1. The molecule has 3 rings (SSSR count). The molecule has 1 fully saturated rings. The molecule has 1 aliphatic heterocycles. The van der Waals surface area contributed by atoms with Crippen molar-refractivity contribution in [1.82, 2.24) is 25.0 Å². The maximum absolute atomic E-state index is 12.3. The third-order valence-corrected chi connectivity index (χ3v) is 4.60. The van der Waals surface area contributed by atoms with Crippen LogP contribution in [0.15, 0.2) is 36.7 Å². The van der Waals surface area contributed by atoms with E-state index in [9.17, 15) is 4.79 Å². The van der Waals surface area contributed by atoms with Crippen LogP contribution in [0, 0.1) is 5.92 Å². The Morgan fingerprint density at radius 1 is 1.33 bits per heavy atom. The smallest absolute Gasteiger partial charge is 0.224 e. The molecular weight excluding hydrogens is 302 g/mol. The average Bonchev–Trinajstić information content (AvgIpc) is 3.06. The lowest BCUT2D eigenvalue weighted by molar-refractivity contribution is -0.126. The highest BCUT2D eigenvalue weighted by Crippen LogP contribution is 2.15. The molecule has 128 valence electrons. The molecule has 0 spiro atoms. The summed E-state index contributed by atoms with van der Waals surface area (Å²) in [6.45, 7) is 3.17. The second kappa shape index (κ2) is 8.06. The first-order valence-electron chi connectivity index (χ1n) is 8.59. The maximum Gasteiger partial charge on any atom is 0.224 e. The van der Waals surface area contributed by atoms with Crippen molar-refractivity contribution in [1.29, 1.82) is 0 Å². The Kier molecular flexibility index (Phi) is 5.59. The first-order chi connectivity index (χ1) is 11.7. The van der Waals surface area contributed by atoms with Crippen molar-refractivity contribution >= 4 is 5.91 Å². The van der Waals surface area contributed by atoms with Crippen LogP contribution in [0.1, 0.15) is 24.2 Å². The van der Waals surface area contributed by atoms with Gasteiger partial charge >= 0.3 is 0 Å². The second-order valence-corrected chi connectivity index (χ2v) is 6.50. The summed E-state index contributed by atoms with van der Waals surface area (Å²) in [5.74, 6) is 1.02. The molecule has 1 aliphatic rings. The summed E-state index contributed by atoms with van der Waals surface area (Å²) in [6, 6.07) is 10.3. The Morgan fingerprint density at radius 3 is 2.96 bits per heavy atom. The minimum atomic E-state index is 0.0874. The summed E-state index contributed by atoms with van der Waals surface area (Å²) in [5, 5.41) is 11.2. The number of piperidine rings is 1. The molecule has 1 aromatic carbocycles. The molecule has 1 amide bonds. The SMILES string of the molecule is CN1CCC[C@H](C(=O)NCc2nncn2CCc2ccccc2)C1. The monoisotopic (exact) mass is 327 g/mol. The van der Waals surface area contributed by atoms with Crippen molar-refractivity contribution in [3.8, 4) is 0 Å². The maximum atomic E-state index is 12.3. The van der Waals surface area contributed by atoms with E-state index in [0.717, 1.165) is 44.7 Å². The summed E-state index contributed by atoms with van der Waals surface area (Å²) in [7, 11) is 2.07. The summed E-state index contributed by atoms with van der Waals surface area (Å²) < 4.78 is 2.01. The van der Waals surface area contributed by atoms with E-state index in [0.29, 0.717) is 6.54 Å². The lowest BCUT2D eigenvalue weighted by Gasteiger charge is -2.28. The van der Waals surface area contributed by atoms with Crippen LogP contribution in [0.2, 0.25) is 0 Å². The Balaban J connectivity index is 1.51. The predicted molar refractivity (Wildman–Crippen MR) is 92.2 cm³/mol. The fourth-order valence-corrected chi connectivity index (χ4v) is 3.19. The Bertz CT molecular complexity index is 654. The zero-order valence-electron chi connectivity index (χ0n) is 14.2. The van der Waals surface area contributed by atoms with Crippen LogP contribution in [0.25, 0.3) is 0 Å². The first kappa shape index (κ1) is 16.6. The third-order valence-electron chi connectivity index (χ3n) is 4.60. The van der Waals surface area contributed by atoms with Gasteiger partial charge in [-0.25, -0.2) is 0 Å². The number of amides is 1. The number of nitrogens with one attached hydrogen (secondary N) is 1. The van der Waals surface area contributed by atoms with E-state index in [1.807, 2.05) is 22.8 Å². The zero-order valence-corrected chi connectivity index (χ0v) is 14.2.